The summed E-state index contributed by atoms with van der Waals surface area (Å²) in [6.07, 6.45) is 11.7. The number of hydrogen-bond donors (Lipinski definition) is 0. The molecule has 0 unspecified atom stereocenters. The lowest BCUT2D eigenvalue weighted by molar-refractivity contribution is 0.0734. The molecule has 0 N–H and O–H groups in total. The molecule has 0 aliphatic rings. The number of ether oxygens (including phenoxy) is 3. The van der Waals surface area contributed by atoms with Gasteiger partial charge in [0.15, 0.2) is 0 Å². The first-order valence-corrected chi connectivity index (χ1v) is 12.3. The van der Waals surface area contributed by atoms with Crippen LogP contribution in [0.3, 0.4) is 0 Å². The van der Waals surface area contributed by atoms with Gasteiger partial charge in [-0.25, -0.2) is 9.78 Å². The van der Waals surface area contributed by atoms with E-state index in [1.807, 2.05) is 42.5 Å². The molecule has 0 fully saturated rings. The van der Waals surface area contributed by atoms with E-state index in [1.54, 1.807) is 24.3 Å². The fraction of sp³-hybridized carbons (Fsp3) is 0.379. The minimum Gasteiger partial charge on any atom is -0.494 e. The molecule has 5 heteroatoms. The van der Waals surface area contributed by atoms with E-state index in [1.165, 1.54) is 51.1 Å². The van der Waals surface area contributed by atoms with E-state index in [0.717, 1.165) is 17.7 Å². The van der Waals surface area contributed by atoms with Gasteiger partial charge in [-0.3, -0.25) is 0 Å². The van der Waals surface area contributed by atoms with Crippen molar-refractivity contribution < 1.29 is 19.0 Å². The molecule has 0 spiro atoms. The second-order valence-electron chi connectivity index (χ2n) is 8.34. The maximum absolute atomic E-state index is 12.4. The van der Waals surface area contributed by atoms with Crippen LogP contribution in [0.4, 0.5) is 0 Å². The summed E-state index contributed by atoms with van der Waals surface area (Å²) >= 11 is 0. The largest absolute Gasteiger partial charge is 0.494 e. The van der Waals surface area contributed by atoms with E-state index in [9.17, 15) is 4.79 Å². The Morgan fingerprint density at radius 1 is 0.735 bits per heavy atom. The second kappa shape index (κ2) is 14.7. The topological polar surface area (TPSA) is 57.7 Å². The number of carbonyl (C=O) groups is 1. The van der Waals surface area contributed by atoms with Crippen LogP contribution in [-0.2, 0) is 6.61 Å². The van der Waals surface area contributed by atoms with Crippen LogP contribution < -0.4 is 14.2 Å². The standard InChI is InChI=1S/C29H35NO4/c1-2-3-4-5-6-7-8-12-21-32-26-16-18-27(19-17-26)34-29(31)25-15-20-28(30-22-25)33-23-24-13-10-9-11-14-24/h9-11,13-20,22H,2-8,12,21,23H2,1H3. The highest BCUT2D eigenvalue weighted by Crippen LogP contribution is 2.20. The van der Waals surface area contributed by atoms with E-state index < -0.39 is 5.97 Å². The van der Waals surface area contributed by atoms with Gasteiger partial charge in [0, 0.05) is 12.3 Å². The summed E-state index contributed by atoms with van der Waals surface area (Å²) in [5.74, 6) is 1.24. The molecule has 34 heavy (non-hydrogen) atoms. The number of carbonyl (C=O) groups excluding carboxylic acids is 1. The summed E-state index contributed by atoms with van der Waals surface area (Å²) in [7, 11) is 0. The molecule has 3 aromatic rings. The number of benzene rings is 2. The maximum atomic E-state index is 12.4. The molecule has 0 aliphatic carbocycles. The molecule has 0 amide bonds. The third-order valence-electron chi connectivity index (χ3n) is 5.50. The summed E-state index contributed by atoms with van der Waals surface area (Å²) in [6, 6.07) is 20.3. The fourth-order valence-corrected chi connectivity index (χ4v) is 3.51. The molecular formula is C29H35NO4. The zero-order valence-corrected chi connectivity index (χ0v) is 20.1. The van der Waals surface area contributed by atoms with Crippen LogP contribution in [0.25, 0.3) is 0 Å². The Labute approximate surface area is 203 Å². The molecule has 180 valence electrons. The summed E-state index contributed by atoms with van der Waals surface area (Å²) in [5, 5.41) is 0. The third-order valence-corrected chi connectivity index (χ3v) is 5.50. The lowest BCUT2D eigenvalue weighted by Crippen LogP contribution is -2.09. The highest BCUT2D eigenvalue weighted by molar-refractivity contribution is 5.90. The fourth-order valence-electron chi connectivity index (χ4n) is 3.51. The van der Waals surface area contributed by atoms with Crippen molar-refractivity contribution in [2.24, 2.45) is 0 Å². The second-order valence-corrected chi connectivity index (χ2v) is 8.34. The van der Waals surface area contributed by atoms with Crippen LogP contribution in [0.1, 0.15) is 74.2 Å². The van der Waals surface area contributed by atoms with Gasteiger partial charge >= 0.3 is 5.97 Å². The van der Waals surface area contributed by atoms with Crippen LogP contribution in [0.5, 0.6) is 17.4 Å². The highest BCUT2D eigenvalue weighted by atomic mass is 16.5. The Morgan fingerprint density at radius 2 is 1.41 bits per heavy atom. The van der Waals surface area contributed by atoms with Crippen molar-refractivity contribution >= 4 is 5.97 Å². The van der Waals surface area contributed by atoms with Gasteiger partial charge in [-0.1, -0.05) is 82.2 Å². The van der Waals surface area contributed by atoms with Gasteiger partial charge in [-0.15, -0.1) is 0 Å². The van der Waals surface area contributed by atoms with E-state index in [4.69, 9.17) is 14.2 Å². The minimum absolute atomic E-state index is 0.363. The Balaban J connectivity index is 1.34. The Morgan fingerprint density at radius 3 is 2.09 bits per heavy atom. The van der Waals surface area contributed by atoms with Gasteiger partial charge in [-0.05, 0) is 42.3 Å². The quantitative estimate of drug-likeness (QED) is 0.134. The molecule has 0 radical (unpaired) electrons. The molecule has 5 nitrogen and oxygen atoms in total. The predicted molar refractivity (Wildman–Crippen MR) is 135 cm³/mol. The van der Waals surface area contributed by atoms with E-state index in [2.05, 4.69) is 11.9 Å². The van der Waals surface area contributed by atoms with Gasteiger partial charge < -0.3 is 14.2 Å². The number of esters is 1. The molecule has 0 saturated heterocycles. The van der Waals surface area contributed by atoms with Crippen LogP contribution in [-0.4, -0.2) is 17.6 Å². The number of nitrogens with zero attached hydrogens (tertiary/aromatic N) is 1. The van der Waals surface area contributed by atoms with Crippen LogP contribution in [0.2, 0.25) is 0 Å². The van der Waals surface area contributed by atoms with Gasteiger partial charge in [0.2, 0.25) is 5.88 Å². The van der Waals surface area contributed by atoms with Crippen molar-refractivity contribution in [3.8, 4) is 17.4 Å². The van der Waals surface area contributed by atoms with Crippen molar-refractivity contribution in [1.82, 2.24) is 4.98 Å². The van der Waals surface area contributed by atoms with Gasteiger partial charge in [0.25, 0.3) is 0 Å². The number of aromatic nitrogens is 1. The van der Waals surface area contributed by atoms with Crippen molar-refractivity contribution in [3.63, 3.8) is 0 Å². The van der Waals surface area contributed by atoms with Crippen molar-refractivity contribution in [2.45, 2.75) is 64.9 Å². The van der Waals surface area contributed by atoms with Gasteiger partial charge in [0.1, 0.15) is 18.1 Å². The Hall–Kier alpha value is -3.34. The highest BCUT2D eigenvalue weighted by Gasteiger charge is 2.10. The number of rotatable bonds is 15. The molecule has 1 heterocycles. The molecule has 0 aliphatic heterocycles. The smallest absolute Gasteiger partial charge is 0.345 e. The zero-order valence-electron chi connectivity index (χ0n) is 20.1. The Kier molecular flexibility index (Phi) is 11.0. The normalized spacial score (nSPS) is 10.6. The first kappa shape index (κ1) is 25.3. The lowest BCUT2D eigenvalue weighted by atomic mass is 10.1. The average molecular weight is 462 g/mol. The van der Waals surface area contributed by atoms with Crippen LogP contribution in [0.15, 0.2) is 72.9 Å². The van der Waals surface area contributed by atoms with E-state index >= 15 is 0 Å². The average Bonchev–Trinajstić information content (AvgIpc) is 2.88. The SMILES string of the molecule is CCCCCCCCCCOc1ccc(OC(=O)c2ccc(OCc3ccccc3)nc2)cc1. The first-order chi connectivity index (χ1) is 16.7. The van der Waals surface area contributed by atoms with Crippen LogP contribution in [0, 0.1) is 0 Å². The van der Waals surface area contributed by atoms with Crippen molar-refractivity contribution in [1.29, 1.82) is 0 Å². The number of hydrogen-bond acceptors (Lipinski definition) is 5. The molecular weight excluding hydrogens is 426 g/mol. The molecule has 1 aromatic heterocycles. The molecule has 3 rings (SSSR count). The van der Waals surface area contributed by atoms with Crippen LogP contribution >= 0.6 is 0 Å². The van der Waals surface area contributed by atoms with Crippen molar-refractivity contribution in [3.05, 3.63) is 84.1 Å². The predicted octanol–water partition coefficient (Wildman–Crippen LogP) is 7.40. The molecule has 0 bridgehead atoms. The maximum Gasteiger partial charge on any atom is 0.345 e. The lowest BCUT2D eigenvalue weighted by Gasteiger charge is -2.09. The third kappa shape index (κ3) is 9.26. The summed E-state index contributed by atoms with van der Waals surface area (Å²) in [6.45, 7) is 3.37. The van der Waals surface area contributed by atoms with E-state index in [-0.39, 0.29) is 0 Å². The summed E-state index contributed by atoms with van der Waals surface area (Å²) < 4.78 is 16.9. The number of pyridine rings is 1. The van der Waals surface area contributed by atoms with Gasteiger partial charge in [-0.2, -0.15) is 0 Å². The molecule has 2 aromatic carbocycles. The van der Waals surface area contributed by atoms with Crippen molar-refractivity contribution in [2.75, 3.05) is 6.61 Å². The summed E-state index contributed by atoms with van der Waals surface area (Å²) in [4.78, 5) is 16.6. The molecule has 0 atom stereocenters. The monoisotopic (exact) mass is 461 g/mol. The van der Waals surface area contributed by atoms with E-state index in [0.29, 0.717) is 30.4 Å². The van der Waals surface area contributed by atoms with Gasteiger partial charge in [0.05, 0.1) is 12.2 Å². The first-order valence-electron chi connectivity index (χ1n) is 12.3. The molecule has 0 saturated carbocycles. The number of unbranched alkanes of at least 4 members (excludes halogenated alkanes) is 7. The Bertz CT molecular complexity index is 956. The summed E-state index contributed by atoms with van der Waals surface area (Å²) in [5.41, 5.74) is 1.42. The zero-order chi connectivity index (χ0) is 23.8. The minimum atomic E-state index is -0.463.